The fraction of sp³-hybridized carbons (Fsp3) is 0.472. The molecule has 8 heteroatoms. The van der Waals surface area contributed by atoms with E-state index in [0.29, 0.717) is 32.6 Å². The summed E-state index contributed by atoms with van der Waals surface area (Å²) < 4.78 is -1.14. The Bertz CT molecular complexity index is 1350. The number of hydrogen-bond donors (Lipinski definition) is 1. The average molecular weight is 616 g/mol. The van der Waals surface area contributed by atoms with Crippen LogP contribution in [0, 0.1) is 11.8 Å². The molecular formula is C36H45N3O4S. The van der Waals surface area contributed by atoms with Crippen molar-refractivity contribution in [3.05, 3.63) is 91.5 Å². The highest BCUT2D eigenvalue weighted by Crippen LogP contribution is 2.71. The first-order valence-corrected chi connectivity index (χ1v) is 16.7. The minimum absolute atomic E-state index is 0.0733. The number of likely N-dealkylation sites (tertiary alicyclic amines) is 1. The summed E-state index contributed by atoms with van der Waals surface area (Å²) in [6.45, 7) is 11.7. The third kappa shape index (κ3) is 5.86. The molecule has 2 aromatic carbocycles. The lowest BCUT2D eigenvalue weighted by molar-refractivity contribution is -0.143. The standard InChI is InChI=1S/C36H45N3O4S/c1-4-22-37(26-27-16-10-8-11-17-27)34(43)31-36-21-20-35(3,44-36)29(30(36)33(42)39(31)24-14-6-7-15-25-40)32(41)38(23-5-2)28-18-12-9-13-19-28/h4-5,8-13,16-19,29-31,40H,1-2,6-7,14-15,20-26H2,3H3/t29-,30+,31?,35+,36?/m1/s1. The third-order valence-electron chi connectivity index (χ3n) is 9.61. The predicted molar refractivity (Wildman–Crippen MR) is 177 cm³/mol. The molecule has 2 aromatic rings. The van der Waals surface area contributed by atoms with Crippen molar-refractivity contribution in [3.8, 4) is 0 Å². The fourth-order valence-electron chi connectivity index (χ4n) is 7.66. The van der Waals surface area contributed by atoms with E-state index in [4.69, 9.17) is 0 Å². The first-order valence-electron chi connectivity index (χ1n) is 15.8. The number of amides is 3. The number of anilines is 1. The van der Waals surface area contributed by atoms with E-state index in [2.05, 4.69) is 20.1 Å². The Kier molecular flexibility index (Phi) is 10.0. The predicted octanol–water partition coefficient (Wildman–Crippen LogP) is 5.45. The average Bonchev–Trinajstić information content (AvgIpc) is 3.60. The number of nitrogens with zero attached hydrogens (tertiary/aromatic N) is 3. The Morgan fingerprint density at radius 2 is 1.61 bits per heavy atom. The number of fused-ring (bicyclic) bond motifs is 1. The molecule has 5 rings (SSSR count). The van der Waals surface area contributed by atoms with Crippen molar-refractivity contribution in [2.75, 3.05) is 31.1 Å². The molecule has 3 heterocycles. The van der Waals surface area contributed by atoms with Crippen molar-refractivity contribution in [1.82, 2.24) is 9.80 Å². The number of carbonyl (C=O) groups excluding carboxylic acids is 3. The zero-order valence-electron chi connectivity index (χ0n) is 25.8. The van der Waals surface area contributed by atoms with Crippen molar-refractivity contribution in [1.29, 1.82) is 0 Å². The largest absolute Gasteiger partial charge is 0.396 e. The molecule has 5 atom stereocenters. The summed E-state index contributed by atoms with van der Waals surface area (Å²) in [6, 6.07) is 18.8. The highest BCUT2D eigenvalue weighted by molar-refractivity contribution is 8.02. The van der Waals surface area contributed by atoms with Crippen LogP contribution in [0.3, 0.4) is 0 Å². The maximum Gasteiger partial charge on any atom is 0.247 e. The molecule has 234 valence electrons. The van der Waals surface area contributed by atoms with E-state index in [1.54, 1.807) is 28.8 Å². The molecule has 3 aliphatic heterocycles. The number of hydrogen-bond acceptors (Lipinski definition) is 5. The topological polar surface area (TPSA) is 81.2 Å². The van der Waals surface area contributed by atoms with Gasteiger partial charge in [0.05, 0.1) is 16.6 Å². The molecule has 3 amide bonds. The molecule has 3 fully saturated rings. The van der Waals surface area contributed by atoms with Gasteiger partial charge in [0.15, 0.2) is 0 Å². The Morgan fingerprint density at radius 1 is 0.955 bits per heavy atom. The second-order valence-corrected chi connectivity index (χ2v) is 14.4. The second-order valence-electron chi connectivity index (χ2n) is 12.5. The highest BCUT2D eigenvalue weighted by atomic mass is 32.2. The number of thioether (sulfide) groups is 1. The minimum atomic E-state index is -0.680. The molecule has 3 saturated heterocycles. The zero-order chi connectivity index (χ0) is 31.3. The van der Waals surface area contributed by atoms with Crippen molar-refractivity contribution in [2.24, 2.45) is 11.8 Å². The zero-order valence-corrected chi connectivity index (χ0v) is 26.6. The molecule has 0 aliphatic carbocycles. The van der Waals surface area contributed by atoms with Gasteiger partial charge in [-0.05, 0) is 50.3 Å². The van der Waals surface area contributed by atoms with E-state index in [9.17, 15) is 19.5 Å². The third-order valence-corrected chi connectivity index (χ3v) is 11.6. The smallest absolute Gasteiger partial charge is 0.247 e. The SMILES string of the molecule is C=CCN(Cc1ccccc1)C(=O)C1N(CCCCCCO)C(=O)[C@@H]2[C@H](C(=O)N(CC=C)c3ccccc3)[C@]3(C)CCC12S3. The van der Waals surface area contributed by atoms with Gasteiger partial charge in [-0.1, -0.05) is 73.5 Å². The number of unbranched alkanes of at least 4 members (excludes halogenated alkanes) is 3. The maximum atomic E-state index is 14.7. The van der Waals surface area contributed by atoms with Gasteiger partial charge in [0.2, 0.25) is 17.7 Å². The number of aliphatic hydroxyl groups is 1. The van der Waals surface area contributed by atoms with Crippen molar-refractivity contribution < 1.29 is 19.5 Å². The quantitative estimate of drug-likeness (QED) is 0.213. The summed E-state index contributed by atoms with van der Waals surface area (Å²) in [5.41, 5.74) is 1.80. The van der Waals surface area contributed by atoms with Crippen LogP contribution in [0.1, 0.15) is 51.0 Å². The van der Waals surface area contributed by atoms with Crippen LogP contribution in [0.25, 0.3) is 0 Å². The number of para-hydroxylation sites is 1. The van der Waals surface area contributed by atoms with Crippen LogP contribution in [-0.2, 0) is 20.9 Å². The molecule has 0 radical (unpaired) electrons. The van der Waals surface area contributed by atoms with Crippen molar-refractivity contribution >= 4 is 35.2 Å². The Hall–Kier alpha value is -3.36. The van der Waals surface area contributed by atoms with E-state index >= 15 is 0 Å². The normalized spacial score (nSPS) is 26.8. The summed E-state index contributed by atoms with van der Waals surface area (Å²) in [4.78, 5) is 49.3. The minimum Gasteiger partial charge on any atom is -0.396 e. The molecule has 2 unspecified atom stereocenters. The summed E-state index contributed by atoms with van der Waals surface area (Å²) in [6.07, 6.45) is 8.13. The lowest BCUT2D eigenvalue weighted by atomic mass is 9.66. The van der Waals surface area contributed by atoms with E-state index in [1.165, 1.54) is 0 Å². The van der Waals surface area contributed by atoms with Crippen LogP contribution < -0.4 is 4.90 Å². The van der Waals surface area contributed by atoms with Gasteiger partial charge >= 0.3 is 0 Å². The Morgan fingerprint density at radius 3 is 2.27 bits per heavy atom. The van der Waals surface area contributed by atoms with Gasteiger partial charge in [0, 0.05) is 43.2 Å². The number of benzene rings is 2. The number of rotatable bonds is 15. The van der Waals surface area contributed by atoms with Crippen LogP contribution in [-0.4, -0.2) is 74.4 Å². The van der Waals surface area contributed by atoms with Gasteiger partial charge in [0.25, 0.3) is 0 Å². The summed E-state index contributed by atoms with van der Waals surface area (Å²) >= 11 is 1.71. The maximum absolute atomic E-state index is 14.7. The monoisotopic (exact) mass is 615 g/mol. The van der Waals surface area contributed by atoms with Gasteiger partial charge < -0.3 is 19.8 Å². The van der Waals surface area contributed by atoms with Crippen molar-refractivity contribution in [2.45, 2.75) is 67.5 Å². The van der Waals surface area contributed by atoms with E-state index in [0.717, 1.165) is 43.4 Å². The molecule has 44 heavy (non-hydrogen) atoms. The van der Waals surface area contributed by atoms with E-state index in [1.807, 2.05) is 70.5 Å². The molecule has 0 saturated carbocycles. The first-order chi connectivity index (χ1) is 21.3. The van der Waals surface area contributed by atoms with Crippen LogP contribution >= 0.6 is 11.8 Å². The molecule has 3 aliphatic rings. The van der Waals surface area contributed by atoms with Gasteiger partial charge in [0.1, 0.15) is 6.04 Å². The van der Waals surface area contributed by atoms with Crippen LogP contribution in [0.4, 0.5) is 5.69 Å². The first kappa shape index (κ1) is 32.0. The summed E-state index contributed by atoms with van der Waals surface area (Å²) in [5.74, 6) is -1.36. The highest BCUT2D eigenvalue weighted by Gasteiger charge is 2.77. The molecule has 7 nitrogen and oxygen atoms in total. The van der Waals surface area contributed by atoms with E-state index in [-0.39, 0.29) is 24.3 Å². The van der Waals surface area contributed by atoms with E-state index < -0.39 is 27.4 Å². The molecule has 1 N–H and O–H groups in total. The lowest BCUT2D eigenvalue weighted by Crippen LogP contribution is -2.55. The molecular weight excluding hydrogens is 570 g/mol. The molecule has 1 spiro atoms. The van der Waals surface area contributed by atoms with Gasteiger partial charge in [-0.25, -0.2) is 0 Å². The van der Waals surface area contributed by atoms with Gasteiger partial charge in [-0.15, -0.1) is 24.9 Å². The van der Waals surface area contributed by atoms with Crippen molar-refractivity contribution in [3.63, 3.8) is 0 Å². The van der Waals surface area contributed by atoms with Gasteiger partial charge in [-0.2, -0.15) is 0 Å². The number of carbonyl (C=O) groups is 3. The van der Waals surface area contributed by atoms with Gasteiger partial charge in [-0.3, -0.25) is 14.4 Å². The number of aliphatic hydroxyl groups excluding tert-OH is 1. The summed E-state index contributed by atoms with van der Waals surface area (Å²) in [7, 11) is 0. The Labute approximate surface area is 266 Å². The molecule has 2 bridgehead atoms. The van der Waals surface area contributed by atoms with Crippen LogP contribution in [0.15, 0.2) is 86.0 Å². The Balaban J connectivity index is 1.52. The van der Waals surface area contributed by atoms with Crippen LogP contribution in [0.5, 0.6) is 0 Å². The fourth-order valence-corrected chi connectivity index (χ4v) is 10.0. The van der Waals surface area contributed by atoms with Crippen LogP contribution in [0.2, 0.25) is 0 Å². The lowest BCUT2D eigenvalue weighted by Gasteiger charge is -2.38. The molecule has 0 aromatic heterocycles. The second kappa shape index (κ2) is 13.7. The summed E-state index contributed by atoms with van der Waals surface area (Å²) in [5, 5.41) is 9.25.